The maximum atomic E-state index is 5.46. The van der Waals surface area contributed by atoms with Gasteiger partial charge in [0, 0.05) is 6.21 Å². The first kappa shape index (κ1) is 12.9. The fourth-order valence-electron chi connectivity index (χ4n) is 2.37. The summed E-state index contributed by atoms with van der Waals surface area (Å²) in [7, 11) is 0. The molecule has 1 aliphatic carbocycles. The van der Waals surface area contributed by atoms with E-state index >= 15 is 0 Å². The average Bonchev–Trinajstić information content (AvgIpc) is 2.46. The third-order valence-electron chi connectivity index (χ3n) is 3.82. The fourth-order valence-corrected chi connectivity index (χ4v) is 2.37. The molecular weight excluding hydrogens is 246 g/mol. The largest absolute Gasteiger partial charge is 0.391 e. The SMILES string of the molecule is C(=NOCc1ccccc1-c1ccccc1)C1CCC1. The quantitative estimate of drug-likeness (QED) is 0.569. The number of benzene rings is 2. The highest BCUT2D eigenvalue weighted by Gasteiger charge is 2.14. The zero-order valence-electron chi connectivity index (χ0n) is 11.5. The van der Waals surface area contributed by atoms with Gasteiger partial charge in [-0.25, -0.2) is 0 Å². The van der Waals surface area contributed by atoms with Crippen molar-refractivity contribution in [1.29, 1.82) is 0 Å². The summed E-state index contributed by atoms with van der Waals surface area (Å²) in [6, 6.07) is 18.7. The summed E-state index contributed by atoms with van der Waals surface area (Å²) < 4.78 is 0. The van der Waals surface area contributed by atoms with Gasteiger partial charge in [-0.05, 0) is 35.4 Å². The van der Waals surface area contributed by atoms with E-state index in [9.17, 15) is 0 Å². The van der Waals surface area contributed by atoms with Gasteiger partial charge < -0.3 is 4.84 Å². The Bertz CT molecular complexity index is 573. The first-order valence-electron chi connectivity index (χ1n) is 7.22. The number of oxime groups is 1. The predicted molar refractivity (Wildman–Crippen MR) is 82.5 cm³/mol. The summed E-state index contributed by atoms with van der Waals surface area (Å²) in [4.78, 5) is 5.46. The first-order chi connectivity index (χ1) is 9.93. The summed E-state index contributed by atoms with van der Waals surface area (Å²) >= 11 is 0. The van der Waals surface area contributed by atoms with Crippen LogP contribution in [0.5, 0.6) is 0 Å². The van der Waals surface area contributed by atoms with Crippen LogP contribution in [0.1, 0.15) is 24.8 Å². The Hall–Kier alpha value is -2.09. The van der Waals surface area contributed by atoms with Crippen molar-refractivity contribution in [3.05, 3.63) is 60.2 Å². The smallest absolute Gasteiger partial charge is 0.142 e. The van der Waals surface area contributed by atoms with Gasteiger partial charge in [0.2, 0.25) is 0 Å². The number of rotatable bonds is 5. The van der Waals surface area contributed by atoms with E-state index in [-0.39, 0.29) is 0 Å². The van der Waals surface area contributed by atoms with Crippen molar-refractivity contribution in [1.82, 2.24) is 0 Å². The summed E-state index contributed by atoms with van der Waals surface area (Å²) in [6.07, 6.45) is 5.79. The van der Waals surface area contributed by atoms with E-state index in [1.165, 1.54) is 36.0 Å². The number of hydrogen-bond acceptors (Lipinski definition) is 2. The van der Waals surface area contributed by atoms with Gasteiger partial charge in [0.1, 0.15) is 6.61 Å². The van der Waals surface area contributed by atoms with Crippen molar-refractivity contribution in [3.8, 4) is 11.1 Å². The van der Waals surface area contributed by atoms with Crippen LogP contribution in [0.4, 0.5) is 0 Å². The molecule has 0 amide bonds. The van der Waals surface area contributed by atoms with E-state index in [1.54, 1.807) is 0 Å². The number of hydrogen-bond donors (Lipinski definition) is 0. The Morgan fingerprint density at radius 3 is 2.50 bits per heavy atom. The Morgan fingerprint density at radius 2 is 1.75 bits per heavy atom. The standard InChI is InChI=1S/C18H19NO/c1-2-9-16(10-3-1)18-12-5-4-11-17(18)14-20-19-13-15-7-6-8-15/h1-5,9-13,15H,6-8,14H2. The van der Waals surface area contributed by atoms with Gasteiger partial charge in [0.05, 0.1) is 0 Å². The molecule has 2 aromatic carbocycles. The molecule has 0 bridgehead atoms. The molecule has 1 aliphatic rings. The third-order valence-corrected chi connectivity index (χ3v) is 3.82. The summed E-state index contributed by atoms with van der Waals surface area (Å²) in [5.41, 5.74) is 3.60. The summed E-state index contributed by atoms with van der Waals surface area (Å²) in [6.45, 7) is 0.522. The van der Waals surface area contributed by atoms with Crippen molar-refractivity contribution in [2.75, 3.05) is 0 Å². The molecule has 0 saturated heterocycles. The van der Waals surface area contributed by atoms with Crippen LogP contribution in [0, 0.1) is 5.92 Å². The van der Waals surface area contributed by atoms with Crippen molar-refractivity contribution >= 4 is 6.21 Å². The van der Waals surface area contributed by atoms with Crippen LogP contribution in [0.25, 0.3) is 11.1 Å². The molecule has 0 aliphatic heterocycles. The molecule has 1 fully saturated rings. The maximum Gasteiger partial charge on any atom is 0.142 e. The van der Waals surface area contributed by atoms with Crippen LogP contribution >= 0.6 is 0 Å². The highest BCUT2D eigenvalue weighted by Crippen LogP contribution is 2.25. The molecule has 0 aromatic heterocycles. The highest BCUT2D eigenvalue weighted by atomic mass is 16.6. The third kappa shape index (κ3) is 3.08. The molecule has 0 heterocycles. The maximum absolute atomic E-state index is 5.46. The molecule has 20 heavy (non-hydrogen) atoms. The minimum absolute atomic E-state index is 0.522. The Morgan fingerprint density at radius 1 is 1.00 bits per heavy atom. The zero-order valence-corrected chi connectivity index (χ0v) is 11.5. The van der Waals surface area contributed by atoms with E-state index in [2.05, 4.69) is 47.6 Å². The van der Waals surface area contributed by atoms with Crippen molar-refractivity contribution in [3.63, 3.8) is 0 Å². The summed E-state index contributed by atoms with van der Waals surface area (Å²) in [5.74, 6) is 0.638. The van der Waals surface area contributed by atoms with Gasteiger partial charge >= 0.3 is 0 Å². The Labute approximate surface area is 120 Å². The summed E-state index contributed by atoms with van der Waals surface area (Å²) in [5, 5.41) is 4.10. The minimum Gasteiger partial charge on any atom is -0.391 e. The van der Waals surface area contributed by atoms with Gasteiger partial charge in [0.15, 0.2) is 0 Å². The molecular formula is C18H19NO. The molecule has 2 heteroatoms. The molecule has 2 aromatic rings. The van der Waals surface area contributed by atoms with Crippen LogP contribution in [0.2, 0.25) is 0 Å². The molecule has 0 unspecified atom stereocenters. The van der Waals surface area contributed by atoms with Crippen LogP contribution in [0.15, 0.2) is 59.8 Å². The molecule has 102 valence electrons. The van der Waals surface area contributed by atoms with E-state index in [0.29, 0.717) is 12.5 Å². The normalized spacial score (nSPS) is 15.2. The second-order valence-electron chi connectivity index (χ2n) is 5.24. The zero-order chi connectivity index (χ0) is 13.6. The van der Waals surface area contributed by atoms with Gasteiger partial charge in [0.25, 0.3) is 0 Å². The van der Waals surface area contributed by atoms with Crippen molar-refractivity contribution in [2.24, 2.45) is 11.1 Å². The highest BCUT2D eigenvalue weighted by molar-refractivity contribution is 5.67. The number of nitrogens with zero attached hydrogens (tertiary/aromatic N) is 1. The molecule has 2 nitrogen and oxygen atoms in total. The van der Waals surface area contributed by atoms with E-state index < -0.39 is 0 Å². The van der Waals surface area contributed by atoms with E-state index in [4.69, 9.17) is 4.84 Å². The van der Waals surface area contributed by atoms with Gasteiger partial charge in [-0.1, -0.05) is 66.2 Å². The lowest BCUT2D eigenvalue weighted by Gasteiger charge is -2.19. The lowest BCUT2D eigenvalue weighted by molar-refractivity contribution is 0.130. The first-order valence-corrected chi connectivity index (χ1v) is 7.22. The van der Waals surface area contributed by atoms with Gasteiger partial charge in [-0.15, -0.1) is 0 Å². The molecule has 0 spiro atoms. The topological polar surface area (TPSA) is 21.6 Å². The second-order valence-corrected chi connectivity index (χ2v) is 5.24. The van der Waals surface area contributed by atoms with Gasteiger partial charge in [-0.3, -0.25) is 0 Å². The molecule has 3 rings (SSSR count). The Kier molecular flexibility index (Phi) is 4.12. The lowest BCUT2D eigenvalue weighted by atomic mass is 9.87. The molecule has 0 atom stereocenters. The van der Waals surface area contributed by atoms with Crippen molar-refractivity contribution < 1.29 is 4.84 Å². The van der Waals surface area contributed by atoms with Crippen molar-refractivity contribution in [2.45, 2.75) is 25.9 Å². The second kappa shape index (κ2) is 6.38. The average molecular weight is 265 g/mol. The fraction of sp³-hybridized carbons (Fsp3) is 0.278. The van der Waals surface area contributed by atoms with E-state index in [1.807, 2.05) is 18.3 Å². The monoisotopic (exact) mass is 265 g/mol. The van der Waals surface area contributed by atoms with Crippen LogP contribution in [-0.2, 0) is 11.4 Å². The molecule has 0 radical (unpaired) electrons. The van der Waals surface area contributed by atoms with Gasteiger partial charge in [-0.2, -0.15) is 0 Å². The predicted octanol–water partition coefficient (Wildman–Crippen LogP) is 4.66. The lowest BCUT2D eigenvalue weighted by Crippen LogP contribution is -2.11. The van der Waals surface area contributed by atoms with E-state index in [0.717, 1.165) is 0 Å². The van der Waals surface area contributed by atoms with Crippen LogP contribution in [-0.4, -0.2) is 6.21 Å². The minimum atomic E-state index is 0.522. The Balaban J connectivity index is 1.68. The molecule has 0 N–H and O–H groups in total. The van der Waals surface area contributed by atoms with Crippen LogP contribution in [0.3, 0.4) is 0 Å². The molecule has 1 saturated carbocycles. The van der Waals surface area contributed by atoms with Crippen LogP contribution < -0.4 is 0 Å².